The van der Waals surface area contributed by atoms with Gasteiger partial charge in [0.05, 0.1) is 23.5 Å². The lowest BCUT2D eigenvalue weighted by molar-refractivity contribution is 0.0526. The van der Waals surface area contributed by atoms with E-state index in [1.807, 2.05) is 0 Å². The number of anilines is 2. The molecule has 1 aliphatic rings. The van der Waals surface area contributed by atoms with Gasteiger partial charge in [-0.05, 0) is 50.8 Å². The van der Waals surface area contributed by atoms with Crippen molar-refractivity contribution in [2.75, 3.05) is 30.9 Å². The van der Waals surface area contributed by atoms with Gasteiger partial charge in [0.2, 0.25) is 0 Å². The molecule has 0 bridgehead atoms. The average Bonchev–Trinajstić information content (AvgIpc) is 2.50. The highest BCUT2D eigenvalue weighted by Gasteiger charge is 2.21. The van der Waals surface area contributed by atoms with Gasteiger partial charge in [-0.25, -0.2) is 4.79 Å². The number of benzene rings is 1. The third-order valence-corrected chi connectivity index (χ3v) is 3.92. The molecule has 1 aromatic carbocycles. The molecule has 0 spiro atoms. The molecule has 0 amide bonds. The fraction of sp³-hybridized carbons (Fsp3) is 0.562. The summed E-state index contributed by atoms with van der Waals surface area (Å²) in [5, 5.41) is 3.43. The summed E-state index contributed by atoms with van der Waals surface area (Å²) >= 11 is 0. The molecule has 1 unspecified atom stereocenters. The van der Waals surface area contributed by atoms with E-state index in [0.29, 0.717) is 23.8 Å². The zero-order valence-corrected chi connectivity index (χ0v) is 12.7. The van der Waals surface area contributed by atoms with Crippen molar-refractivity contribution in [1.29, 1.82) is 0 Å². The Morgan fingerprint density at radius 1 is 1.48 bits per heavy atom. The van der Waals surface area contributed by atoms with E-state index < -0.39 is 0 Å². The van der Waals surface area contributed by atoms with Crippen LogP contribution in [0.2, 0.25) is 0 Å². The van der Waals surface area contributed by atoms with E-state index in [2.05, 4.69) is 12.2 Å². The monoisotopic (exact) mass is 292 g/mol. The molecule has 1 atom stereocenters. The van der Waals surface area contributed by atoms with Gasteiger partial charge in [0, 0.05) is 19.3 Å². The van der Waals surface area contributed by atoms with Gasteiger partial charge in [-0.15, -0.1) is 0 Å². The van der Waals surface area contributed by atoms with E-state index in [0.717, 1.165) is 31.7 Å². The number of nitrogens with one attached hydrogen (secondary N) is 1. The fourth-order valence-corrected chi connectivity index (χ4v) is 2.60. The Morgan fingerprint density at radius 2 is 2.19 bits per heavy atom. The second-order valence-electron chi connectivity index (χ2n) is 5.41. The standard InChI is InChI=1S/C16H24N2O3/c1-3-21-16(19)13-4-5-14(17)15(10-13)18-11(2)12-6-8-20-9-7-12/h4-5,10-12,18H,3,6-9,17H2,1-2H3. The summed E-state index contributed by atoms with van der Waals surface area (Å²) in [7, 11) is 0. The summed E-state index contributed by atoms with van der Waals surface area (Å²) in [6.07, 6.45) is 2.09. The zero-order chi connectivity index (χ0) is 15.2. The molecule has 21 heavy (non-hydrogen) atoms. The molecular weight excluding hydrogens is 268 g/mol. The van der Waals surface area contributed by atoms with Crippen molar-refractivity contribution in [2.24, 2.45) is 5.92 Å². The van der Waals surface area contributed by atoms with E-state index >= 15 is 0 Å². The lowest BCUT2D eigenvalue weighted by atomic mass is 9.92. The Labute approximate surface area is 125 Å². The van der Waals surface area contributed by atoms with Crippen LogP contribution in [-0.4, -0.2) is 31.8 Å². The van der Waals surface area contributed by atoms with Gasteiger partial charge in [0.25, 0.3) is 0 Å². The Hall–Kier alpha value is -1.75. The largest absolute Gasteiger partial charge is 0.462 e. The smallest absolute Gasteiger partial charge is 0.338 e. The summed E-state index contributed by atoms with van der Waals surface area (Å²) in [6.45, 7) is 5.93. The number of esters is 1. The number of hydrogen-bond donors (Lipinski definition) is 2. The van der Waals surface area contributed by atoms with Crippen LogP contribution in [0, 0.1) is 5.92 Å². The highest BCUT2D eigenvalue weighted by Crippen LogP contribution is 2.26. The third-order valence-electron chi connectivity index (χ3n) is 3.92. The summed E-state index contributed by atoms with van der Waals surface area (Å²) in [5.74, 6) is 0.240. The first-order valence-electron chi connectivity index (χ1n) is 7.52. The van der Waals surface area contributed by atoms with Gasteiger partial charge < -0.3 is 20.5 Å². The van der Waals surface area contributed by atoms with Gasteiger partial charge in [0.1, 0.15) is 0 Å². The summed E-state index contributed by atoms with van der Waals surface area (Å²) < 4.78 is 10.4. The Bertz CT molecular complexity index is 484. The van der Waals surface area contributed by atoms with E-state index in [1.54, 1.807) is 25.1 Å². The SMILES string of the molecule is CCOC(=O)c1ccc(N)c(NC(C)C2CCOCC2)c1. The number of carbonyl (C=O) groups excluding carboxylic acids is 1. The van der Waals surface area contributed by atoms with Crippen LogP contribution in [0.4, 0.5) is 11.4 Å². The molecule has 5 heteroatoms. The van der Waals surface area contributed by atoms with Gasteiger partial charge in [-0.2, -0.15) is 0 Å². The Morgan fingerprint density at radius 3 is 2.86 bits per heavy atom. The molecule has 3 N–H and O–H groups in total. The minimum atomic E-state index is -0.320. The number of nitrogens with two attached hydrogens (primary N) is 1. The first-order valence-corrected chi connectivity index (χ1v) is 7.52. The molecule has 0 saturated carbocycles. The molecule has 116 valence electrons. The predicted octanol–water partition coefficient (Wildman–Crippen LogP) is 2.67. The van der Waals surface area contributed by atoms with Crippen molar-refractivity contribution in [2.45, 2.75) is 32.7 Å². The number of carbonyl (C=O) groups is 1. The quantitative estimate of drug-likeness (QED) is 0.645. The van der Waals surface area contributed by atoms with Crippen molar-refractivity contribution < 1.29 is 14.3 Å². The van der Waals surface area contributed by atoms with Crippen molar-refractivity contribution in [3.05, 3.63) is 23.8 Å². The first kappa shape index (κ1) is 15.6. The molecule has 1 aliphatic heterocycles. The van der Waals surface area contributed by atoms with Gasteiger partial charge in [-0.3, -0.25) is 0 Å². The second kappa shape index (κ2) is 7.31. The summed E-state index contributed by atoms with van der Waals surface area (Å²) in [5.41, 5.74) is 7.96. The van der Waals surface area contributed by atoms with E-state index in [4.69, 9.17) is 15.2 Å². The summed E-state index contributed by atoms with van der Waals surface area (Å²) in [6, 6.07) is 5.49. The van der Waals surface area contributed by atoms with Crippen LogP contribution in [0.25, 0.3) is 0 Å². The average molecular weight is 292 g/mol. The van der Waals surface area contributed by atoms with Crippen molar-refractivity contribution in [3.8, 4) is 0 Å². The molecule has 1 heterocycles. The van der Waals surface area contributed by atoms with Gasteiger partial charge in [0.15, 0.2) is 0 Å². The first-order chi connectivity index (χ1) is 10.1. The van der Waals surface area contributed by atoms with Crippen LogP contribution in [-0.2, 0) is 9.47 Å². The van der Waals surface area contributed by atoms with Crippen LogP contribution in [0.1, 0.15) is 37.0 Å². The summed E-state index contributed by atoms with van der Waals surface area (Å²) in [4.78, 5) is 11.8. The molecule has 5 nitrogen and oxygen atoms in total. The number of nitrogen functional groups attached to an aromatic ring is 1. The third kappa shape index (κ3) is 4.11. The minimum absolute atomic E-state index is 0.286. The molecule has 0 aliphatic carbocycles. The molecule has 1 fully saturated rings. The van der Waals surface area contributed by atoms with Gasteiger partial charge in [-0.1, -0.05) is 0 Å². The zero-order valence-electron chi connectivity index (χ0n) is 12.7. The maximum absolute atomic E-state index is 11.8. The van der Waals surface area contributed by atoms with E-state index in [9.17, 15) is 4.79 Å². The topological polar surface area (TPSA) is 73.6 Å². The van der Waals surface area contributed by atoms with Gasteiger partial charge >= 0.3 is 5.97 Å². The molecule has 2 rings (SSSR count). The molecule has 0 aromatic heterocycles. The number of ether oxygens (including phenoxy) is 2. The minimum Gasteiger partial charge on any atom is -0.462 e. The number of hydrogen-bond acceptors (Lipinski definition) is 5. The molecule has 1 aromatic rings. The highest BCUT2D eigenvalue weighted by molar-refractivity contribution is 5.92. The van der Waals surface area contributed by atoms with Crippen LogP contribution >= 0.6 is 0 Å². The van der Waals surface area contributed by atoms with Crippen LogP contribution in [0.15, 0.2) is 18.2 Å². The maximum Gasteiger partial charge on any atom is 0.338 e. The van der Waals surface area contributed by atoms with Crippen LogP contribution < -0.4 is 11.1 Å². The molecule has 1 saturated heterocycles. The maximum atomic E-state index is 11.8. The number of rotatable bonds is 5. The highest BCUT2D eigenvalue weighted by atomic mass is 16.5. The van der Waals surface area contributed by atoms with Crippen LogP contribution in [0.5, 0.6) is 0 Å². The van der Waals surface area contributed by atoms with E-state index in [-0.39, 0.29) is 12.0 Å². The predicted molar refractivity (Wildman–Crippen MR) is 83.4 cm³/mol. The Kier molecular flexibility index (Phi) is 5.44. The van der Waals surface area contributed by atoms with Crippen molar-refractivity contribution >= 4 is 17.3 Å². The lowest BCUT2D eigenvalue weighted by Crippen LogP contribution is -2.31. The van der Waals surface area contributed by atoms with Crippen LogP contribution in [0.3, 0.4) is 0 Å². The van der Waals surface area contributed by atoms with Crippen molar-refractivity contribution in [3.63, 3.8) is 0 Å². The fourth-order valence-electron chi connectivity index (χ4n) is 2.60. The lowest BCUT2D eigenvalue weighted by Gasteiger charge is -2.29. The van der Waals surface area contributed by atoms with E-state index in [1.165, 1.54) is 0 Å². The van der Waals surface area contributed by atoms with Crippen molar-refractivity contribution in [1.82, 2.24) is 0 Å². The normalized spacial score (nSPS) is 17.2. The second-order valence-corrected chi connectivity index (χ2v) is 5.41. The molecule has 0 radical (unpaired) electrons. The molecular formula is C16H24N2O3. The Balaban J connectivity index is 2.07.